The van der Waals surface area contributed by atoms with Gasteiger partial charge < -0.3 is 5.32 Å². The van der Waals surface area contributed by atoms with Crippen LogP contribution in [0.25, 0.3) is 10.9 Å². The Morgan fingerprint density at radius 2 is 2.21 bits per heavy atom. The van der Waals surface area contributed by atoms with E-state index in [4.69, 9.17) is 0 Å². The van der Waals surface area contributed by atoms with Crippen LogP contribution in [0.4, 0.5) is 5.82 Å². The Balaban J connectivity index is 2.11. The molecule has 3 rings (SSSR count). The maximum Gasteiger partial charge on any atom is 0.137 e. The van der Waals surface area contributed by atoms with E-state index in [9.17, 15) is 0 Å². The van der Waals surface area contributed by atoms with Gasteiger partial charge in [0.05, 0.1) is 11.7 Å². The van der Waals surface area contributed by atoms with Crippen molar-refractivity contribution >= 4 is 16.7 Å². The molecular formula is C10H10N4. The van der Waals surface area contributed by atoms with Crippen molar-refractivity contribution in [2.24, 2.45) is 0 Å². The van der Waals surface area contributed by atoms with Crippen LogP contribution in [0.2, 0.25) is 0 Å². The number of fused-ring (bicyclic) bond motifs is 1. The van der Waals surface area contributed by atoms with Crippen LogP contribution in [0.5, 0.6) is 0 Å². The van der Waals surface area contributed by atoms with Crippen molar-refractivity contribution in [2.75, 3.05) is 5.32 Å². The SMILES string of the molecule is c1cc2c(NC3CC3)ncnc2cn1. The van der Waals surface area contributed by atoms with Gasteiger partial charge in [0.25, 0.3) is 0 Å². The van der Waals surface area contributed by atoms with E-state index in [1.54, 1.807) is 18.7 Å². The summed E-state index contributed by atoms with van der Waals surface area (Å²) in [6.07, 6.45) is 7.60. The van der Waals surface area contributed by atoms with E-state index in [0.29, 0.717) is 6.04 Å². The summed E-state index contributed by atoms with van der Waals surface area (Å²) in [5, 5.41) is 4.43. The summed E-state index contributed by atoms with van der Waals surface area (Å²) in [5.74, 6) is 0.930. The second-order valence-electron chi connectivity index (χ2n) is 3.53. The maximum atomic E-state index is 4.24. The van der Waals surface area contributed by atoms with Gasteiger partial charge in [0.1, 0.15) is 12.1 Å². The highest BCUT2D eigenvalue weighted by atomic mass is 15.1. The lowest BCUT2D eigenvalue weighted by atomic mass is 10.3. The van der Waals surface area contributed by atoms with Gasteiger partial charge in [0, 0.05) is 17.6 Å². The van der Waals surface area contributed by atoms with E-state index in [1.807, 2.05) is 6.07 Å². The standard InChI is InChI=1S/C10H10N4/c1-2-7(1)14-10-8-3-4-11-5-9(8)12-6-13-10/h3-7H,1-2H2,(H,12,13,14). The highest BCUT2D eigenvalue weighted by molar-refractivity contribution is 5.88. The number of nitrogens with zero attached hydrogens (tertiary/aromatic N) is 3. The molecule has 4 nitrogen and oxygen atoms in total. The Bertz CT molecular complexity index is 459. The predicted molar refractivity (Wildman–Crippen MR) is 54.0 cm³/mol. The third kappa shape index (κ3) is 1.28. The minimum absolute atomic E-state index is 0.612. The first-order chi connectivity index (χ1) is 6.93. The summed E-state index contributed by atoms with van der Waals surface area (Å²) < 4.78 is 0. The van der Waals surface area contributed by atoms with Crippen LogP contribution in [-0.4, -0.2) is 21.0 Å². The lowest BCUT2D eigenvalue weighted by Gasteiger charge is -2.05. The van der Waals surface area contributed by atoms with Gasteiger partial charge in [0.15, 0.2) is 0 Å². The zero-order valence-corrected chi connectivity index (χ0v) is 7.64. The molecule has 2 heterocycles. The van der Waals surface area contributed by atoms with E-state index < -0.39 is 0 Å². The average molecular weight is 186 g/mol. The van der Waals surface area contributed by atoms with Crippen molar-refractivity contribution in [3.05, 3.63) is 24.8 Å². The molecule has 2 aromatic rings. The molecule has 1 aliphatic carbocycles. The van der Waals surface area contributed by atoms with Crippen LogP contribution < -0.4 is 5.32 Å². The molecule has 1 fully saturated rings. The Morgan fingerprint density at radius 3 is 3.07 bits per heavy atom. The van der Waals surface area contributed by atoms with E-state index in [1.165, 1.54) is 12.8 Å². The zero-order valence-electron chi connectivity index (χ0n) is 7.64. The monoisotopic (exact) mass is 186 g/mol. The van der Waals surface area contributed by atoms with Crippen LogP contribution >= 0.6 is 0 Å². The van der Waals surface area contributed by atoms with Gasteiger partial charge in [-0.1, -0.05) is 0 Å². The Labute approximate surface area is 81.4 Å². The van der Waals surface area contributed by atoms with Gasteiger partial charge in [-0.3, -0.25) is 4.98 Å². The molecule has 1 saturated carbocycles. The summed E-state index contributed by atoms with van der Waals surface area (Å²) in [5.41, 5.74) is 0.894. The fourth-order valence-corrected chi connectivity index (χ4v) is 1.44. The van der Waals surface area contributed by atoms with Crippen molar-refractivity contribution in [2.45, 2.75) is 18.9 Å². The van der Waals surface area contributed by atoms with Gasteiger partial charge in [0.2, 0.25) is 0 Å². The highest BCUT2D eigenvalue weighted by Crippen LogP contribution is 2.26. The molecule has 1 N–H and O–H groups in total. The van der Waals surface area contributed by atoms with Crippen molar-refractivity contribution in [3.8, 4) is 0 Å². The smallest absolute Gasteiger partial charge is 0.137 e. The molecule has 0 aliphatic heterocycles. The Kier molecular flexibility index (Phi) is 1.59. The number of pyridine rings is 1. The third-order valence-corrected chi connectivity index (χ3v) is 2.36. The normalized spacial score (nSPS) is 15.7. The summed E-state index contributed by atoms with van der Waals surface area (Å²) in [6, 6.07) is 2.56. The molecule has 0 aromatic carbocycles. The fourth-order valence-electron chi connectivity index (χ4n) is 1.44. The topological polar surface area (TPSA) is 50.7 Å². The molecule has 70 valence electrons. The first-order valence-electron chi connectivity index (χ1n) is 4.75. The number of nitrogens with one attached hydrogen (secondary N) is 1. The molecule has 0 saturated heterocycles. The molecule has 4 heteroatoms. The quantitative estimate of drug-likeness (QED) is 0.774. The zero-order chi connectivity index (χ0) is 9.38. The molecular weight excluding hydrogens is 176 g/mol. The third-order valence-electron chi connectivity index (χ3n) is 2.36. The van der Waals surface area contributed by atoms with Gasteiger partial charge in [-0.05, 0) is 18.9 Å². The van der Waals surface area contributed by atoms with Crippen molar-refractivity contribution in [3.63, 3.8) is 0 Å². The van der Waals surface area contributed by atoms with E-state index in [2.05, 4.69) is 20.3 Å². The van der Waals surface area contributed by atoms with Gasteiger partial charge in [-0.15, -0.1) is 0 Å². The Hall–Kier alpha value is -1.71. The second-order valence-corrected chi connectivity index (χ2v) is 3.53. The number of anilines is 1. The fraction of sp³-hybridized carbons (Fsp3) is 0.300. The molecule has 14 heavy (non-hydrogen) atoms. The average Bonchev–Trinajstić information content (AvgIpc) is 3.03. The lowest BCUT2D eigenvalue weighted by Crippen LogP contribution is -2.03. The minimum Gasteiger partial charge on any atom is -0.367 e. The summed E-state index contributed by atoms with van der Waals surface area (Å²) >= 11 is 0. The number of hydrogen-bond donors (Lipinski definition) is 1. The molecule has 0 spiro atoms. The summed E-state index contributed by atoms with van der Waals surface area (Å²) in [6.45, 7) is 0. The van der Waals surface area contributed by atoms with Crippen LogP contribution in [0.3, 0.4) is 0 Å². The van der Waals surface area contributed by atoms with Gasteiger partial charge in [-0.2, -0.15) is 0 Å². The maximum absolute atomic E-state index is 4.24. The Morgan fingerprint density at radius 1 is 1.29 bits per heavy atom. The molecule has 0 amide bonds. The van der Waals surface area contributed by atoms with Crippen LogP contribution in [0, 0.1) is 0 Å². The van der Waals surface area contributed by atoms with E-state index in [-0.39, 0.29) is 0 Å². The molecule has 2 aromatic heterocycles. The number of rotatable bonds is 2. The first-order valence-corrected chi connectivity index (χ1v) is 4.75. The second kappa shape index (κ2) is 2.90. The minimum atomic E-state index is 0.612. The van der Waals surface area contributed by atoms with Crippen LogP contribution in [0.15, 0.2) is 24.8 Å². The van der Waals surface area contributed by atoms with Crippen LogP contribution in [0.1, 0.15) is 12.8 Å². The van der Waals surface area contributed by atoms with Crippen molar-refractivity contribution in [1.82, 2.24) is 15.0 Å². The lowest BCUT2D eigenvalue weighted by molar-refractivity contribution is 1.10. The molecule has 0 radical (unpaired) electrons. The summed E-state index contributed by atoms with van der Waals surface area (Å²) in [7, 11) is 0. The number of hydrogen-bond acceptors (Lipinski definition) is 4. The molecule has 1 aliphatic rings. The molecule has 0 atom stereocenters. The predicted octanol–water partition coefficient (Wildman–Crippen LogP) is 1.60. The number of aromatic nitrogens is 3. The van der Waals surface area contributed by atoms with E-state index in [0.717, 1.165) is 16.7 Å². The largest absolute Gasteiger partial charge is 0.367 e. The summed E-state index contributed by atoms with van der Waals surface area (Å²) in [4.78, 5) is 12.4. The highest BCUT2D eigenvalue weighted by Gasteiger charge is 2.22. The van der Waals surface area contributed by atoms with Crippen molar-refractivity contribution < 1.29 is 0 Å². The van der Waals surface area contributed by atoms with E-state index >= 15 is 0 Å². The van der Waals surface area contributed by atoms with Crippen molar-refractivity contribution in [1.29, 1.82) is 0 Å². The van der Waals surface area contributed by atoms with Gasteiger partial charge >= 0.3 is 0 Å². The molecule has 0 bridgehead atoms. The van der Waals surface area contributed by atoms with Gasteiger partial charge in [-0.25, -0.2) is 9.97 Å². The van der Waals surface area contributed by atoms with Crippen LogP contribution in [-0.2, 0) is 0 Å². The molecule has 0 unspecified atom stereocenters. The first kappa shape index (κ1) is 7.67.